The third-order valence-electron chi connectivity index (χ3n) is 12.2. The zero-order valence-corrected chi connectivity index (χ0v) is 39.3. The van der Waals surface area contributed by atoms with Crippen LogP contribution in [0.3, 0.4) is 0 Å². The van der Waals surface area contributed by atoms with Gasteiger partial charge >= 0.3 is 0 Å². The molecule has 0 atom stereocenters. The quantitative estimate of drug-likeness (QED) is 0.0873. The maximum Gasteiger partial charge on any atom is 0.294 e. The number of Topliss-reactive ketones (excluding diaryl/α,β-unsaturated/α-hetero) is 1. The normalized spacial score (nSPS) is 15.1. The number of ether oxygens (including phenoxy) is 2. The number of rotatable bonds is 14. The van der Waals surface area contributed by atoms with Gasteiger partial charge < -0.3 is 34.3 Å². The van der Waals surface area contributed by atoms with E-state index < -0.39 is 0 Å². The first-order valence-electron chi connectivity index (χ1n) is 22.4. The molecule has 2 saturated heterocycles. The van der Waals surface area contributed by atoms with Crippen molar-refractivity contribution in [3.05, 3.63) is 153 Å². The van der Waals surface area contributed by atoms with Gasteiger partial charge in [0.25, 0.3) is 23.6 Å². The summed E-state index contributed by atoms with van der Waals surface area (Å²) in [7, 11) is 0. The van der Waals surface area contributed by atoms with Gasteiger partial charge in [-0.1, -0.05) is 95.2 Å². The van der Waals surface area contributed by atoms with Crippen LogP contribution in [0.25, 0.3) is 45.3 Å². The molecule has 4 aromatic carbocycles. The lowest BCUT2D eigenvalue weighted by atomic mass is 9.80. The predicted octanol–water partition coefficient (Wildman–Crippen LogP) is 8.37. The molecule has 0 aliphatic carbocycles. The number of carbonyl (C=O) groups is 3. The van der Waals surface area contributed by atoms with Crippen molar-refractivity contribution in [3.8, 4) is 45.3 Å². The van der Waals surface area contributed by atoms with E-state index in [1.54, 1.807) is 71.2 Å². The number of ketones is 1. The highest BCUT2D eigenvalue weighted by Crippen LogP contribution is 2.39. The fourth-order valence-electron chi connectivity index (χ4n) is 8.20. The molecular weight excluding hydrogens is 917 g/mol. The van der Waals surface area contributed by atoms with Crippen LogP contribution in [0.4, 0.5) is 0 Å². The second-order valence-electron chi connectivity index (χ2n) is 16.8. The molecule has 2 aliphatic rings. The molecule has 4 aromatic heterocycles. The number of hydrogen-bond acceptors (Lipinski definition) is 16. The van der Waals surface area contributed by atoms with Gasteiger partial charge in [-0.25, -0.2) is 9.97 Å². The Morgan fingerprint density at radius 2 is 1.03 bits per heavy atom. The number of nitrogens with one attached hydrogen (secondary N) is 2. The Kier molecular flexibility index (Phi) is 14.6. The van der Waals surface area contributed by atoms with E-state index in [0.717, 1.165) is 58.2 Å². The summed E-state index contributed by atoms with van der Waals surface area (Å²) >= 11 is 3.27. The minimum atomic E-state index is -0.332. The van der Waals surface area contributed by atoms with Crippen LogP contribution in [-0.2, 0) is 26.9 Å². The zero-order valence-electron chi connectivity index (χ0n) is 37.6. The highest BCUT2D eigenvalue weighted by molar-refractivity contribution is 7.10. The van der Waals surface area contributed by atoms with Crippen molar-refractivity contribution in [1.82, 2.24) is 40.9 Å². The fourth-order valence-corrected chi connectivity index (χ4v) is 10.4. The Bertz CT molecular complexity index is 3010. The Balaban J connectivity index is 0.000000172. The van der Waals surface area contributed by atoms with Gasteiger partial charge in [0.05, 0.1) is 11.4 Å². The molecule has 0 saturated carbocycles. The highest BCUT2D eigenvalue weighted by Gasteiger charge is 2.39. The smallest absolute Gasteiger partial charge is 0.294 e. The highest BCUT2D eigenvalue weighted by atomic mass is 32.1. The average Bonchev–Trinajstić information content (AvgIpc) is 4.27. The largest absolute Gasteiger partial charge is 0.387 e. The van der Waals surface area contributed by atoms with Gasteiger partial charge in [0.1, 0.15) is 16.6 Å². The SMILES string of the molecule is CC(=O)c1nc(-c2cccc(C(=O)NCC3(c4nc(-c5ccccc5)cs4)CCOCC3)c2)no1.O=C(NCC1(c2nc(-c3ccccc3)cs2)CCOCC1)c1cccc(-c2noc(CO)n2)c1. The maximum absolute atomic E-state index is 13.1. The van der Waals surface area contributed by atoms with E-state index in [0.29, 0.717) is 67.6 Å². The summed E-state index contributed by atoms with van der Waals surface area (Å²) in [5.74, 6) is -0.0274. The Morgan fingerprint density at radius 1 is 0.580 bits per heavy atom. The molecule has 10 rings (SSSR count). The maximum atomic E-state index is 13.1. The third-order valence-corrected chi connectivity index (χ3v) is 14.4. The molecule has 0 bridgehead atoms. The van der Waals surface area contributed by atoms with Crippen LogP contribution < -0.4 is 10.6 Å². The van der Waals surface area contributed by atoms with Gasteiger partial charge in [0, 0.05) is 101 Å². The van der Waals surface area contributed by atoms with Crippen molar-refractivity contribution >= 4 is 40.3 Å². The lowest BCUT2D eigenvalue weighted by Gasteiger charge is -2.35. The number of benzene rings is 4. The topological polar surface area (TPSA) is 218 Å². The van der Waals surface area contributed by atoms with Crippen LogP contribution >= 0.6 is 22.7 Å². The summed E-state index contributed by atoms with van der Waals surface area (Å²) in [5, 5.41) is 29.3. The van der Waals surface area contributed by atoms with E-state index >= 15 is 0 Å². The van der Waals surface area contributed by atoms with Crippen LogP contribution in [0.15, 0.2) is 129 Å². The molecule has 16 nitrogen and oxygen atoms in total. The Morgan fingerprint density at radius 3 is 1.46 bits per heavy atom. The molecule has 8 aromatic rings. The molecule has 3 N–H and O–H groups in total. The second kappa shape index (κ2) is 21.5. The van der Waals surface area contributed by atoms with Crippen molar-refractivity contribution in [2.24, 2.45) is 0 Å². The molecule has 2 fully saturated rings. The van der Waals surface area contributed by atoms with Crippen molar-refractivity contribution in [2.45, 2.75) is 50.0 Å². The van der Waals surface area contributed by atoms with E-state index in [-0.39, 0.29) is 52.6 Å². The molecule has 352 valence electrons. The first kappa shape index (κ1) is 47.0. The molecule has 2 aliphatic heterocycles. The van der Waals surface area contributed by atoms with Crippen molar-refractivity contribution in [2.75, 3.05) is 39.5 Å². The number of thiazole rings is 2. The molecule has 18 heteroatoms. The van der Waals surface area contributed by atoms with Gasteiger partial charge in [0.2, 0.25) is 17.4 Å². The number of carbonyl (C=O) groups excluding carboxylic acids is 3. The van der Waals surface area contributed by atoms with Crippen molar-refractivity contribution < 1.29 is 38.0 Å². The molecule has 2 amide bonds. The predicted molar refractivity (Wildman–Crippen MR) is 259 cm³/mol. The van der Waals surface area contributed by atoms with Crippen LogP contribution in [0.2, 0.25) is 0 Å². The Labute approximate surface area is 405 Å². The van der Waals surface area contributed by atoms with E-state index in [1.807, 2.05) is 48.5 Å². The number of aliphatic hydroxyl groups is 1. The minimum absolute atomic E-state index is 0.0605. The molecule has 0 spiro atoms. The number of aliphatic hydroxyl groups excluding tert-OH is 1. The van der Waals surface area contributed by atoms with Gasteiger partial charge in [-0.15, -0.1) is 22.7 Å². The van der Waals surface area contributed by atoms with Gasteiger partial charge in [-0.05, 0) is 49.9 Å². The van der Waals surface area contributed by atoms with E-state index in [4.69, 9.17) is 33.6 Å². The summed E-state index contributed by atoms with van der Waals surface area (Å²) in [6.07, 6.45) is 3.15. The summed E-state index contributed by atoms with van der Waals surface area (Å²) in [6.45, 7) is 4.48. The summed E-state index contributed by atoms with van der Waals surface area (Å²) in [5.41, 5.74) is 5.72. The first-order chi connectivity index (χ1) is 33.7. The van der Waals surface area contributed by atoms with Crippen LogP contribution in [0.5, 0.6) is 0 Å². The van der Waals surface area contributed by atoms with Gasteiger partial charge in [-0.3, -0.25) is 14.4 Å². The number of nitrogens with zero attached hydrogens (tertiary/aromatic N) is 6. The molecular formula is C51H48N8O8S2. The zero-order chi connectivity index (χ0) is 47.6. The molecule has 69 heavy (non-hydrogen) atoms. The fraction of sp³-hybridized carbons (Fsp3) is 0.275. The third kappa shape index (κ3) is 11.0. The monoisotopic (exact) mass is 964 g/mol. The standard InChI is InChI=1S/C26H24N4O4S.C25H24N4O4S/c1-17(31)24-29-22(30-34-24)19-8-5-9-20(14-19)23(32)27-16-26(10-12-33-13-11-26)25-28-21(15-35-25)18-6-3-2-4-7-18;30-14-21-28-22(29-33-21)18-7-4-8-19(13-18)23(31)26-16-25(9-11-32-12-10-25)24-27-20(15-34-24)17-5-2-1-3-6-17/h2-9,14-15H,10-13,16H2,1H3,(H,27,32);1-8,13,15,30H,9-12,14,16H2,(H,26,31). The summed E-state index contributed by atoms with van der Waals surface area (Å²) in [6, 6.07) is 34.2. The molecule has 6 heterocycles. The van der Waals surface area contributed by atoms with E-state index in [9.17, 15) is 14.4 Å². The first-order valence-corrected chi connectivity index (χ1v) is 24.2. The Hall–Kier alpha value is -7.09. The molecule has 0 radical (unpaired) electrons. The second-order valence-corrected chi connectivity index (χ2v) is 18.5. The van der Waals surface area contributed by atoms with E-state index in [1.165, 1.54) is 6.92 Å². The number of hydrogen-bond donors (Lipinski definition) is 3. The lowest BCUT2D eigenvalue weighted by molar-refractivity contribution is 0.0486. The number of aromatic nitrogens is 6. The van der Waals surface area contributed by atoms with Crippen LogP contribution in [0, 0.1) is 0 Å². The summed E-state index contributed by atoms with van der Waals surface area (Å²) < 4.78 is 21.2. The molecule has 0 unspecified atom stereocenters. The van der Waals surface area contributed by atoms with E-state index in [2.05, 4.69) is 53.8 Å². The summed E-state index contributed by atoms with van der Waals surface area (Å²) in [4.78, 5) is 55.8. The minimum Gasteiger partial charge on any atom is -0.387 e. The van der Waals surface area contributed by atoms with Gasteiger partial charge in [0.15, 0.2) is 0 Å². The van der Waals surface area contributed by atoms with Gasteiger partial charge in [-0.2, -0.15) is 9.97 Å². The lowest BCUT2D eigenvalue weighted by Crippen LogP contribution is -2.44. The average molecular weight is 965 g/mol. The van der Waals surface area contributed by atoms with Crippen molar-refractivity contribution in [1.29, 1.82) is 0 Å². The van der Waals surface area contributed by atoms with Crippen LogP contribution in [-0.4, -0.2) is 92.5 Å². The van der Waals surface area contributed by atoms with Crippen molar-refractivity contribution in [3.63, 3.8) is 0 Å². The van der Waals surface area contributed by atoms with Crippen LogP contribution in [0.1, 0.15) is 79.9 Å². The number of amides is 2.